The van der Waals surface area contributed by atoms with Gasteiger partial charge in [-0.3, -0.25) is 14.9 Å². The Morgan fingerprint density at radius 3 is 2.80 bits per heavy atom. The quantitative estimate of drug-likeness (QED) is 0.604. The summed E-state index contributed by atoms with van der Waals surface area (Å²) in [5, 5.41) is 11.0. The second-order valence-electron chi connectivity index (χ2n) is 5.68. The molecule has 1 aromatic rings. The number of nitro groups is 1. The number of ketones is 1. The van der Waals surface area contributed by atoms with Gasteiger partial charge in [-0.15, -0.1) is 0 Å². The molecule has 2 unspecified atom stereocenters. The van der Waals surface area contributed by atoms with Crippen LogP contribution in [0.15, 0.2) is 24.3 Å². The molecule has 1 fully saturated rings. The molecular weight excluding hydrogens is 254 g/mol. The SMILES string of the molecule is CCCC1CCC(=O)C(Cc2ccccc2[N+](=O)[O-])C1. The Kier molecular flexibility index (Phi) is 4.88. The molecule has 2 rings (SSSR count). The van der Waals surface area contributed by atoms with Crippen LogP contribution in [0.5, 0.6) is 0 Å². The molecule has 0 spiro atoms. The highest BCUT2D eigenvalue weighted by Gasteiger charge is 2.29. The fourth-order valence-corrected chi connectivity index (χ4v) is 3.20. The molecule has 108 valence electrons. The van der Waals surface area contributed by atoms with E-state index in [2.05, 4.69) is 6.92 Å². The van der Waals surface area contributed by atoms with Gasteiger partial charge in [0.15, 0.2) is 0 Å². The fraction of sp³-hybridized carbons (Fsp3) is 0.562. The number of benzene rings is 1. The smallest absolute Gasteiger partial charge is 0.272 e. The van der Waals surface area contributed by atoms with Crippen molar-refractivity contribution in [2.45, 2.75) is 45.4 Å². The highest BCUT2D eigenvalue weighted by atomic mass is 16.6. The number of hydrogen-bond donors (Lipinski definition) is 0. The van der Waals surface area contributed by atoms with Crippen LogP contribution in [0.25, 0.3) is 0 Å². The maximum atomic E-state index is 12.1. The van der Waals surface area contributed by atoms with Crippen LogP contribution in [-0.2, 0) is 11.2 Å². The van der Waals surface area contributed by atoms with E-state index in [9.17, 15) is 14.9 Å². The molecule has 1 aliphatic carbocycles. The molecule has 1 saturated carbocycles. The van der Waals surface area contributed by atoms with Crippen LogP contribution >= 0.6 is 0 Å². The number of rotatable bonds is 5. The third-order valence-electron chi connectivity index (χ3n) is 4.22. The molecule has 4 nitrogen and oxygen atoms in total. The van der Waals surface area contributed by atoms with E-state index in [1.807, 2.05) is 0 Å². The second kappa shape index (κ2) is 6.64. The molecule has 0 bridgehead atoms. The van der Waals surface area contributed by atoms with Crippen molar-refractivity contribution in [1.29, 1.82) is 0 Å². The summed E-state index contributed by atoms with van der Waals surface area (Å²) in [7, 11) is 0. The summed E-state index contributed by atoms with van der Waals surface area (Å²) in [5.74, 6) is 0.836. The average molecular weight is 275 g/mol. The van der Waals surface area contributed by atoms with Crippen molar-refractivity contribution in [3.05, 3.63) is 39.9 Å². The number of nitro benzene ring substituents is 1. The number of para-hydroxylation sites is 1. The van der Waals surface area contributed by atoms with Crippen LogP contribution in [0.2, 0.25) is 0 Å². The zero-order chi connectivity index (χ0) is 14.5. The third-order valence-corrected chi connectivity index (χ3v) is 4.22. The fourth-order valence-electron chi connectivity index (χ4n) is 3.20. The minimum absolute atomic E-state index is 0.0404. The van der Waals surface area contributed by atoms with Crippen LogP contribution in [0.1, 0.15) is 44.6 Å². The summed E-state index contributed by atoms with van der Waals surface area (Å²) in [6.45, 7) is 2.16. The molecule has 0 radical (unpaired) electrons. The van der Waals surface area contributed by atoms with E-state index in [0.29, 0.717) is 24.3 Å². The molecule has 0 heterocycles. The summed E-state index contributed by atoms with van der Waals surface area (Å²) >= 11 is 0. The predicted molar refractivity (Wildman–Crippen MR) is 77.5 cm³/mol. The predicted octanol–water partition coefficient (Wildman–Crippen LogP) is 3.92. The Morgan fingerprint density at radius 1 is 1.35 bits per heavy atom. The van der Waals surface area contributed by atoms with Gasteiger partial charge in [0, 0.05) is 24.0 Å². The van der Waals surface area contributed by atoms with Gasteiger partial charge in [-0.2, -0.15) is 0 Å². The Balaban J connectivity index is 2.12. The van der Waals surface area contributed by atoms with Crippen molar-refractivity contribution in [2.75, 3.05) is 0 Å². The molecular formula is C16H21NO3. The van der Waals surface area contributed by atoms with Crippen LogP contribution in [0.4, 0.5) is 5.69 Å². The van der Waals surface area contributed by atoms with E-state index in [-0.39, 0.29) is 22.3 Å². The standard InChI is InChI=1S/C16H21NO3/c1-2-5-12-8-9-16(18)14(10-12)11-13-6-3-4-7-15(13)17(19)20/h3-4,6-7,12,14H,2,5,8-11H2,1H3. The minimum atomic E-state index is -0.355. The van der Waals surface area contributed by atoms with Crippen LogP contribution in [0, 0.1) is 22.0 Å². The van der Waals surface area contributed by atoms with E-state index in [1.165, 1.54) is 6.07 Å². The number of hydrogen-bond acceptors (Lipinski definition) is 3. The maximum absolute atomic E-state index is 12.1. The van der Waals surface area contributed by atoms with Gasteiger partial charge in [-0.05, 0) is 25.2 Å². The zero-order valence-electron chi connectivity index (χ0n) is 11.9. The van der Waals surface area contributed by atoms with Crippen molar-refractivity contribution in [1.82, 2.24) is 0 Å². The molecule has 2 atom stereocenters. The molecule has 0 saturated heterocycles. The van der Waals surface area contributed by atoms with Gasteiger partial charge >= 0.3 is 0 Å². The van der Waals surface area contributed by atoms with Gasteiger partial charge in [0.05, 0.1) is 4.92 Å². The van der Waals surface area contributed by atoms with E-state index in [4.69, 9.17) is 0 Å². The van der Waals surface area contributed by atoms with E-state index < -0.39 is 0 Å². The molecule has 20 heavy (non-hydrogen) atoms. The van der Waals surface area contributed by atoms with Crippen LogP contribution < -0.4 is 0 Å². The normalized spacial score (nSPS) is 22.8. The average Bonchev–Trinajstić information content (AvgIpc) is 2.43. The molecule has 0 aliphatic heterocycles. The van der Waals surface area contributed by atoms with Crippen molar-refractivity contribution < 1.29 is 9.72 Å². The number of Topliss-reactive ketones (excluding diaryl/α,β-unsaturated/α-hetero) is 1. The number of nitrogens with zero attached hydrogens (tertiary/aromatic N) is 1. The Morgan fingerprint density at radius 2 is 2.10 bits per heavy atom. The van der Waals surface area contributed by atoms with Gasteiger partial charge in [0.25, 0.3) is 5.69 Å². The molecule has 0 aromatic heterocycles. The summed E-state index contributed by atoms with van der Waals surface area (Å²) in [6, 6.07) is 6.77. The highest BCUT2D eigenvalue weighted by molar-refractivity contribution is 5.82. The maximum Gasteiger partial charge on any atom is 0.272 e. The Labute approximate surface area is 119 Å². The van der Waals surface area contributed by atoms with Gasteiger partial charge in [-0.1, -0.05) is 38.0 Å². The van der Waals surface area contributed by atoms with Gasteiger partial charge in [-0.25, -0.2) is 0 Å². The van der Waals surface area contributed by atoms with Gasteiger partial charge in [0.1, 0.15) is 5.78 Å². The molecule has 0 amide bonds. The monoisotopic (exact) mass is 275 g/mol. The van der Waals surface area contributed by atoms with E-state index >= 15 is 0 Å². The third kappa shape index (κ3) is 3.44. The van der Waals surface area contributed by atoms with Gasteiger partial charge in [0.2, 0.25) is 0 Å². The molecule has 1 aliphatic rings. The lowest BCUT2D eigenvalue weighted by Gasteiger charge is -2.27. The topological polar surface area (TPSA) is 60.2 Å². The van der Waals surface area contributed by atoms with Crippen molar-refractivity contribution in [2.24, 2.45) is 11.8 Å². The van der Waals surface area contributed by atoms with Crippen LogP contribution in [0.3, 0.4) is 0 Å². The Hall–Kier alpha value is -1.71. The summed E-state index contributed by atoms with van der Waals surface area (Å²) in [5.41, 5.74) is 0.825. The first-order valence-corrected chi connectivity index (χ1v) is 7.36. The van der Waals surface area contributed by atoms with Crippen molar-refractivity contribution in [3.63, 3.8) is 0 Å². The van der Waals surface area contributed by atoms with Crippen molar-refractivity contribution >= 4 is 11.5 Å². The van der Waals surface area contributed by atoms with Gasteiger partial charge < -0.3 is 0 Å². The van der Waals surface area contributed by atoms with Crippen LogP contribution in [-0.4, -0.2) is 10.7 Å². The summed E-state index contributed by atoms with van der Waals surface area (Å²) in [6.07, 6.45) is 5.31. The lowest BCUT2D eigenvalue weighted by molar-refractivity contribution is -0.385. The highest BCUT2D eigenvalue weighted by Crippen LogP contribution is 2.33. The lowest BCUT2D eigenvalue weighted by atomic mass is 9.76. The second-order valence-corrected chi connectivity index (χ2v) is 5.68. The van der Waals surface area contributed by atoms with Crippen molar-refractivity contribution in [3.8, 4) is 0 Å². The first-order chi connectivity index (χ1) is 9.61. The molecule has 4 heteroatoms. The summed E-state index contributed by atoms with van der Waals surface area (Å²) in [4.78, 5) is 22.7. The minimum Gasteiger partial charge on any atom is -0.299 e. The lowest BCUT2D eigenvalue weighted by Crippen LogP contribution is -2.26. The zero-order valence-corrected chi connectivity index (χ0v) is 11.9. The molecule has 1 aromatic carbocycles. The molecule has 0 N–H and O–H groups in total. The summed E-state index contributed by atoms with van der Waals surface area (Å²) < 4.78 is 0. The first kappa shape index (κ1) is 14.7. The van der Waals surface area contributed by atoms with E-state index in [1.54, 1.807) is 18.2 Å². The Bertz CT molecular complexity index is 498. The number of carbonyl (C=O) groups excluding carboxylic acids is 1. The largest absolute Gasteiger partial charge is 0.299 e. The number of carbonyl (C=O) groups is 1. The first-order valence-electron chi connectivity index (χ1n) is 7.36. The van der Waals surface area contributed by atoms with E-state index in [0.717, 1.165) is 25.7 Å².